The van der Waals surface area contributed by atoms with Gasteiger partial charge in [-0.05, 0) is 29.8 Å². The van der Waals surface area contributed by atoms with E-state index in [1.807, 2.05) is 0 Å². The number of halogens is 2. The van der Waals surface area contributed by atoms with E-state index in [9.17, 15) is 4.79 Å². The van der Waals surface area contributed by atoms with Gasteiger partial charge in [-0.1, -0.05) is 29.3 Å². The van der Waals surface area contributed by atoms with Gasteiger partial charge < -0.3 is 4.42 Å². The van der Waals surface area contributed by atoms with Crippen LogP contribution in [0, 0.1) is 0 Å². The average molecular weight is 255 g/mol. The van der Waals surface area contributed by atoms with Crippen molar-refractivity contribution in [1.29, 1.82) is 0 Å². The molecular formula is C12H8Cl2O2. The maximum absolute atomic E-state index is 11.8. The van der Waals surface area contributed by atoms with Gasteiger partial charge in [-0.15, -0.1) is 0 Å². The summed E-state index contributed by atoms with van der Waals surface area (Å²) in [6.07, 6.45) is 1.60. The molecule has 82 valence electrons. The van der Waals surface area contributed by atoms with Crippen LogP contribution in [0.1, 0.15) is 16.1 Å². The molecule has 0 saturated carbocycles. The van der Waals surface area contributed by atoms with E-state index in [4.69, 9.17) is 27.6 Å². The van der Waals surface area contributed by atoms with Crippen molar-refractivity contribution in [3.63, 3.8) is 0 Å². The van der Waals surface area contributed by atoms with Gasteiger partial charge in [-0.2, -0.15) is 0 Å². The second-order valence-electron chi connectivity index (χ2n) is 3.28. The molecular weight excluding hydrogens is 247 g/mol. The molecule has 0 unspecified atom stereocenters. The Kier molecular flexibility index (Phi) is 3.32. The van der Waals surface area contributed by atoms with E-state index in [1.54, 1.807) is 30.3 Å². The summed E-state index contributed by atoms with van der Waals surface area (Å²) in [4.78, 5) is 11.8. The van der Waals surface area contributed by atoms with E-state index in [0.29, 0.717) is 21.4 Å². The second kappa shape index (κ2) is 4.73. The standard InChI is InChI=1S/C12H8Cl2O2/c13-9-3-1-4-10(14)8(9)7-11(15)12-5-2-6-16-12/h1-6H,7H2. The number of carbonyl (C=O) groups is 1. The maximum Gasteiger partial charge on any atom is 0.202 e. The Morgan fingerprint density at radius 1 is 1.12 bits per heavy atom. The van der Waals surface area contributed by atoms with Gasteiger partial charge in [0.15, 0.2) is 5.76 Å². The van der Waals surface area contributed by atoms with E-state index < -0.39 is 0 Å². The molecule has 2 aromatic rings. The normalized spacial score (nSPS) is 10.4. The van der Waals surface area contributed by atoms with Gasteiger partial charge >= 0.3 is 0 Å². The smallest absolute Gasteiger partial charge is 0.202 e. The molecule has 2 rings (SSSR count). The molecule has 0 N–H and O–H groups in total. The molecule has 0 saturated heterocycles. The summed E-state index contributed by atoms with van der Waals surface area (Å²) < 4.78 is 5.01. The minimum absolute atomic E-state index is 0.139. The largest absolute Gasteiger partial charge is 0.461 e. The van der Waals surface area contributed by atoms with Gasteiger partial charge in [0.05, 0.1) is 6.26 Å². The summed E-state index contributed by atoms with van der Waals surface area (Å²) in [5.74, 6) is 0.177. The number of Topliss-reactive ketones (excluding diaryl/α,β-unsaturated/α-hetero) is 1. The van der Waals surface area contributed by atoms with Crippen LogP contribution in [0.15, 0.2) is 41.0 Å². The van der Waals surface area contributed by atoms with E-state index >= 15 is 0 Å². The Balaban J connectivity index is 2.25. The molecule has 1 aromatic carbocycles. The van der Waals surface area contributed by atoms with E-state index in [0.717, 1.165) is 0 Å². The third kappa shape index (κ3) is 2.29. The second-order valence-corrected chi connectivity index (χ2v) is 4.09. The number of carbonyl (C=O) groups excluding carboxylic acids is 1. The molecule has 16 heavy (non-hydrogen) atoms. The summed E-state index contributed by atoms with van der Waals surface area (Å²) in [5.41, 5.74) is 0.632. The van der Waals surface area contributed by atoms with Crippen molar-refractivity contribution >= 4 is 29.0 Å². The number of hydrogen-bond acceptors (Lipinski definition) is 2. The molecule has 2 nitrogen and oxygen atoms in total. The fraction of sp³-hybridized carbons (Fsp3) is 0.0833. The molecule has 0 fully saturated rings. The Labute approximate surface area is 103 Å². The molecule has 0 spiro atoms. The Morgan fingerprint density at radius 3 is 2.38 bits per heavy atom. The fourth-order valence-electron chi connectivity index (χ4n) is 1.39. The van der Waals surface area contributed by atoms with Crippen LogP contribution in [-0.2, 0) is 6.42 Å². The molecule has 0 bridgehead atoms. The van der Waals surface area contributed by atoms with Crippen LogP contribution in [0.5, 0.6) is 0 Å². The first-order chi connectivity index (χ1) is 7.68. The van der Waals surface area contributed by atoms with Gasteiger partial charge in [0, 0.05) is 16.5 Å². The van der Waals surface area contributed by atoms with Crippen molar-refractivity contribution in [2.45, 2.75) is 6.42 Å². The van der Waals surface area contributed by atoms with Crippen molar-refractivity contribution in [2.75, 3.05) is 0 Å². The highest BCUT2D eigenvalue weighted by molar-refractivity contribution is 6.36. The molecule has 1 aromatic heterocycles. The summed E-state index contributed by atoms with van der Waals surface area (Å²) in [6, 6.07) is 8.44. The lowest BCUT2D eigenvalue weighted by Crippen LogP contribution is -2.03. The van der Waals surface area contributed by atoms with Crippen LogP contribution in [-0.4, -0.2) is 5.78 Å². The highest BCUT2D eigenvalue weighted by atomic mass is 35.5. The predicted octanol–water partition coefficient (Wildman–Crippen LogP) is 4.01. The van der Waals surface area contributed by atoms with Crippen molar-refractivity contribution in [1.82, 2.24) is 0 Å². The van der Waals surface area contributed by atoms with Crippen LogP contribution >= 0.6 is 23.2 Å². The number of ketones is 1. The number of benzene rings is 1. The lowest BCUT2D eigenvalue weighted by Gasteiger charge is -2.04. The van der Waals surface area contributed by atoms with E-state index in [1.165, 1.54) is 6.26 Å². The Hall–Kier alpha value is -1.25. The molecule has 0 atom stereocenters. The highest BCUT2D eigenvalue weighted by Gasteiger charge is 2.14. The monoisotopic (exact) mass is 254 g/mol. The molecule has 0 aliphatic carbocycles. The number of furan rings is 1. The van der Waals surface area contributed by atoms with Crippen molar-refractivity contribution in [2.24, 2.45) is 0 Å². The summed E-state index contributed by atoms with van der Waals surface area (Å²) >= 11 is 11.9. The third-order valence-electron chi connectivity index (χ3n) is 2.20. The average Bonchev–Trinajstić information content (AvgIpc) is 2.76. The van der Waals surface area contributed by atoms with Crippen LogP contribution < -0.4 is 0 Å². The molecule has 1 heterocycles. The summed E-state index contributed by atoms with van der Waals surface area (Å²) in [6.45, 7) is 0. The number of hydrogen-bond donors (Lipinski definition) is 0. The van der Waals surface area contributed by atoms with Gasteiger partial charge in [-0.3, -0.25) is 4.79 Å². The first-order valence-electron chi connectivity index (χ1n) is 4.68. The topological polar surface area (TPSA) is 30.2 Å². The van der Waals surface area contributed by atoms with Gasteiger partial charge in [0.1, 0.15) is 0 Å². The first-order valence-corrected chi connectivity index (χ1v) is 5.43. The quantitative estimate of drug-likeness (QED) is 0.775. The van der Waals surface area contributed by atoms with Crippen molar-refractivity contribution in [3.05, 3.63) is 58.0 Å². The van der Waals surface area contributed by atoms with Crippen LogP contribution in [0.25, 0.3) is 0 Å². The zero-order valence-electron chi connectivity index (χ0n) is 8.24. The molecule has 0 aliphatic rings. The third-order valence-corrected chi connectivity index (χ3v) is 2.90. The lowest BCUT2D eigenvalue weighted by atomic mass is 10.1. The highest BCUT2D eigenvalue weighted by Crippen LogP contribution is 2.25. The molecule has 0 radical (unpaired) electrons. The van der Waals surface area contributed by atoms with Gasteiger partial charge in [-0.25, -0.2) is 0 Å². The zero-order chi connectivity index (χ0) is 11.5. The van der Waals surface area contributed by atoms with Crippen LogP contribution in [0.4, 0.5) is 0 Å². The molecule has 0 amide bonds. The Morgan fingerprint density at radius 2 is 1.81 bits per heavy atom. The van der Waals surface area contributed by atoms with Crippen molar-refractivity contribution < 1.29 is 9.21 Å². The molecule has 4 heteroatoms. The predicted molar refractivity (Wildman–Crippen MR) is 63.2 cm³/mol. The molecule has 0 aliphatic heterocycles. The fourth-order valence-corrected chi connectivity index (χ4v) is 1.92. The maximum atomic E-state index is 11.8. The van der Waals surface area contributed by atoms with Gasteiger partial charge in [0.2, 0.25) is 5.78 Å². The van der Waals surface area contributed by atoms with E-state index in [-0.39, 0.29) is 12.2 Å². The number of rotatable bonds is 3. The zero-order valence-corrected chi connectivity index (χ0v) is 9.76. The SMILES string of the molecule is O=C(Cc1c(Cl)cccc1Cl)c1ccco1. The van der Waals surface area contributed by atoms with Crippen molar-refractivity contribution in [3.8, 4) is 0 Å². The van der Waals surface area contributed by atoms with E-state index in [2.05, 4.69) is 0 Å². The first kappa shape index (κ1) is 11.2. The minimum atomic E-state index is -0.139. The van der Waals surface area contributed by atoms with Crippen LogP contribution in [0.3, 0.4) is 0 Å². The minimum Gasteiger partial charge on any atom is -0.461 e. The summed E-state index contributed by atoms with van der Waals surface area (Å²) in [5, 5.41) is 0.986. The van der Waals surface area contributed by atoms with Crippen LogP contribution in [0.2, 0.25) is 10.0 Å². The van der Waals surface area contributed by atoms with Gasteiger partial charge in [0.25, 0.3) is 0 Å². The Bertz CT molecular complexity index is 483. The summed E-state index contributed by atoms with van der Waals surface area (Å²) in [7, 11) is 0. The lowest BCUT2D eigenvalue weighted by molar-refractivity contribution is 0.0966.